The summed E-state index contributed by atoms with van der Waals surface area (Å²) in [6.45, 7) is 0. The second-order valence-corrected chi connectivity index (χ2v) is 15.9. The minimum absolute atomic E-state index is 0.472. The normalized spacial score (nSPS) is 12.8. The van der Waals surface area contributed by atoms with Crippen LogP contribution in [0.25, 0.3) is 66.4 Å². The molecule has 0 fully saturated rings. The van der Waals surface area contributed by atoms with Crippen molar-refractivity contribution in [3.8, 4) is 55.6 Å². The predicted octanol–water partition coefficient (Wildman–Crippen LogP) is 15.7. The molecular weight excluding hydrogens is 723 g/mol. The van der Waals surface area contributed by atoms with Crippen molar-refractivity contribution >= 4 is 27.8 Å². The number of nitrogens with zero attached hydrogens (tertiary/aromatic N) is 1. The first-order chi connectivity index (χ1) is 29.8. The maximum atomic E-state index is 2.55. The quantitative estimate of drug-likeness (QED) is 0.163. The summed E-state index contributed by atoms with van der Waals surface area (Å²) in [5.41, 5.74) is 20.5. The molecular formula is C59H39N. The van der Waals surface area contributed by atoms with E-state index in [2.05, 4.69) is 241 Å². The number of hydrogen-bond acceptors (Lipinski definition) is 1. The highest BCUT2D eigenvalue weighted by atomic mass is 15.1. The lowest BCUT2D eigenvalue weighted by Gasteiger charge is -2.34. The van der Waals surface area contributed by atoms with Crippen molar-refractivity contribution in [3.63, 3.8) is 0 Å². The van der Waals surface area contributed by atoms with Crippen LogP contribution in [0, 0.1) is 0 Å². The first-order valence-electron chi connectivity index (χ1n) is 20.9. The molecule has 10 aromatic rings. The fourth-order valence-electron chi connectivity index (χ4n) is 10.5. The van der Waals surface area contributed by atoms with E-state index in [0.717, 1.165) is 17.1 Å². The van der Waals surface area contributed by atoms with Crippen LogP contribution in [0.15, 0.2) is 237 Å². The highest BCUT2D eigenvalue weighted by Crippen LogP contribution is 2.63. The average Bonchev–Trinajstić information content (AvgIpc) is 3.79. The molecule has 0 unspecified atom stereocenters. The van der Waals surface area contributed by atoms with E-state index < -0.39 is 5.41 Å². The van der Waals surface area contributed by atoms with Gasteiger partial charge in [-0.25, -0.2) is 0 Å². The number of fused-ring (bicyclic) bond motifs is 11. The van der Waals surface area contributed by atoms with Crippen LogP contribution in [0.2, 0.25) is 0 Å². The number of benzene rings is 10. The van der Waals surface area contributed by atoms with Crippen LogP contribution in [0.4, 0.5) is 17.1 Å². The Labute approximate surface area is 351 Å². The molecule has 0 amide bonds. The molecule has 0 saturated heterocycles. The Hall–Kier alpha value is -7.74. The van der Waals surface area contributed by atoms with Gasteiger partial charge in [-0.05, 0) is 102 Å². The summed E-state index contributed by atoms with van der Waals surface area (Å²) >= 11 is 0. The van der Waals surface area contributed by atoms with Crippen molar-refractivity contribution < 1.29 is 0 Å². The Morgan fingerprint density at radius 2 is 0.750 bits per heavy atom. The topological polar surface area (TPSA) is 3.24 Å². The van der Waals surface area contributed by atoms with E-state index >= 15 is 0 Å². The van der Waals surface area contributed by atoms with Crippen molar-refractivity contribution in [2.24, 2.45) is 0 Å². The summed E-state index contributed by atoms with van der Waals surface area (Å²) in [4.78, 5) is 2.55. The molecule has 12 rings (SSSR count). The second-order valence-electron chi connectivity index (χ2n) is 15.9. The third-order valence-electron chi connectivity index (χ3n) is 12.9. The summed E-state index contributed by atoms with van der Waals surface area (Å²) in [5, 5.41) is 2.43. The Morgan fingerprint density at radius 1 is 0.283 bits per heavy atom. The molecule has 2 aliphatic carbocycles. The van der Waals surface area contributed by atoms with Gasteiger partial charge in [-0.1, -0.05) is 212 Å². The molecule has 0 atom stereocenters. The van der Waals surface area contributed by atoms with Gasteiger partial charge in [0.05, 0.1) is 16.8 Å². The molecule has 0 aromatic heterocycles. The van der Waals surface area contributed by atoms with Gasteiger partial charge in [0.25, 0.3) is 0 Å². The van der Waals surface area contributed by atoms with E-state index in [9.17, 15) is 0 Å². The maximum absolute atomic E-state index is 2.55. The fraction of sp³-hybridized carbons (Fsp3) is 0.0169. The van der Waals surface area contributed by atoms with Crippen LogP contribution in [-0.4, -0.2) is 0 Å². The Balaban J connectivity index is 1.21. The van der Waals surface area contributed by atoms with Crippen LogP contribution in [0.3, 0.4) is 0 Å². The molecule has 280 valence electrons. The van der Waals surface area contributed by atoms with Gasteiger partial charge in [-0.15, -0.1) is 0 Å². The first-order valence-corrected chi connectivity index (χ1v) is 20.9. The third-order valence-corrected chi connectivity index (χ3v) is 12.9. The zero-order valence-corrected chi connectivity index (χ0v) is 33.0. The van der Waals surface area contributed by atoms with E-state index in [-0.39, 0.29) is 0 Å². The van der Waals surface area contributed by atoms with Crippen LogP contribution >= 0.6 is 0 Å². The molecule has 10 aromatic carbocycles. The molecule has 0 heterocycles. The molecule has 0 N–H and O–H groups in total. The molecule has 0 saturated carbocycles. The number of hydrogen-bond donors (Lipinski definition) is 0. The minimum atomic E-state index is -0.472. The van der Waals surface area contributed by atoms with Gasteiger partial charge in [-0.2, -0.15) is 0 Å². The van der Waals surface area contributed by atoms with E-state index in [1.54, 1.807) is 0 Å². The SMILES string of the molecule is c1ccc(-c2cccc(N(c3ccc4c(c3)C3(c5ccccc5-c5ccccc53)c3ccccc3-4)c3ccc4ccccc4c3-c3ccccc3)c2-c2ccccc2)cc1. The molecule has 1 nitrogen and oxygen atoms in total. The number of rotatable bonds is 6. The largest absolute Gasteiger partial charge is 0.309 e. The highest BCUT2D eigenvalue weighted by Gasteiger charge is 2.51. The summed E-state index contributed by atoms with van der Waals surface area (Å²) in [5.74, 6) is 0. The van der Waals surface area contributed by atoms with Crippen molar-refractivity contribution in [1.29, 1.82) is 0 Å². The summed E-state index contributed by atoms with van der Waals surface area (Å²) in [6.07, 6.45) is 0. The predicted molar refractivity (Wildman–Crippen MR) is 251 cm³/mol. The van der Waals surface area contributed by atoms with Crippen molar-refractivity contribution in [1.82, 2.24) is 0 Å². The average molecular weight is 762 g/mol. The summed E-state index contributed by atoms with van der Waals surface area (Å²) in [6, 6.07) is 87.4. The Bertz CT molecular complexity index is 3190. The molecule has 2 aliphatic rings. The molecule has 0 aliphatic heterocycles. The zero-order valence-electron chi connectivity index (χ0n) is 33.0. The molecule has 1 spiro atoms. The van der Waals surface area contributed by atoms with E-state index in [0.29, 0.717) is 0 Å². The van der Waals surface area contributed by atoms with Crippen molar-refractivity contribution in [2.75, 3.05) is 4.90 Å². The lowest BCUT2D eigenvalue weighted by Crippen LogP contribution is -2.26. The summed E-state index contributed by atoms with van der Waals surface area (Å²) < 4.78 is 0. The molecule has 0 bridgehead atoms. The van der Waals surface area contributed by atoms with E-state index in [1.807, 2.05) is 0 Å². The molecule has 0 radical (unpaired) electrons. The summed E-state index contributed by atoms with van der Waals surface area (Å²) in [7, 11) is 0. The fourth-order valence-corrected chi connectivity index (χ4v) is 10.5. The Kier molecular flexibility index (Phi) is 7.83. The standard InChI is InChI=1S/C59H39N/c1-4-19-40(20-5-1)46-30-18-34-55(57(46)42-22-6-2-7-23-42)60(56-38-35-41-21-10-11-26-45(41)58(56)43-24-8-3-9-25-43)44-36-37-50-49-29-14-17-33-53(49)59(54(50)39-44)51-31-15-12-27-47(51)48-28-13-16-32-52(48)59/h1-39H. The minimum Gasteiger partial charge on any atom is -0.309 e. The van der Waals surface area contributed by atoms with Crippen molar-refractivity contribution in [2.45, 2.75) is 5.41 Å². The number of anilines is 3. The van der Waals surface area contributed by atoms with Gasteiger partial charge in [0, 0.05) is 16.8 Å². The monoisotopic (exact) mass is 761 g/mol. The highest BCUT2D eigenvalue weighted by molar-refractivity contribution is 6.08. The smallest absolute Gasteiger partial charge is 0.0726 e. The maximum Gasteiger partial charge on any atom is 0.0726 e. The van der Waals surface area contributed by atoms with Gasteiger partial charge < -0.3 is 4.90 Å². The van der Waals surface area contributed by atoms with E-state index in [1.165, 1.54) is 88.7 Å². The lowest BCUT2D eigenvalue weighted by atomic mass is 9.70. The van der Waals surface area contributed by atoms with Crippen LogP contribution in [0.5, 0.6) is 0 Å². The first kappa shape index (κ1) is 34.3. The van der Waals surface area contributed by atoms with Gasteiger partial charge in [0.2, 0.25) is 0 Å². The second kappa shape index (κ2) is 13.7. The lowest BCUT2D eigenvalue weighted by molar-refractivity contribution is 0.793. The van der Waals surface area contributed by atoms with E-state index in [4.69, 9.17) is 0 Å². The van der Waals surface area contributed by atoms with Gasteiger partial charge in [-0.3, -0.25) is 0 Å². The van der Waals surface area contributed by atoms with Gasteiger partial charge >= 0.3 is 0 Å². The molecule has 1 heteroatoms. The molecule has 60 heavy (non-hydrogen) atoms. The van der Waals surface area contributed by atoms with Crippen LogP contribution in [0.1, 0.15) is 22.3 Å². The zero-order chi connectivity index (χ0) is 39.6. The van der Waals surface area contributed by atoms with Crippen molar-refractivity contribution in [3.05, 3.63) is 259 Å². The van der Waals surface area contributed by atoms with Crippen LogP contribution in [-0.2, 0) is 5.41 Å². The third kappa shape index (κ3) is 4.99. The Morgan fingerprint density at radius 3 is 1.37 bits per heavy atom. The van der Waals surface area contributed by atoms with Gasteiger partial charge in [0.15, 0.2) is 0 Å². The van der Waals surface area contributed by atoms with Crippen LogP contribution < -0.4 is 4.90 Å². The van der Waals surface area contributed by atoms with Gasteiger partial charge in [0.1, 0.15) is 0 Å².